The number of rotatable bonds is 5. The predicted molar refractivity (Wildman–Crippen MR) is 107 cm³/mol. The molecule has 3 amide bonds. The molecule has 2 heterocycles. The number of imide groups is 1. The zero-order valence-electron chi connectivity index (χ0n) is 16.4. The molecule has 2 aliphatic rings. The molecule has 9 heteroatoms. The first-order valence-corrected chi connectivity index (χ1v) is 9.56. The summed E-state index contributed by atoms with van der Waals surface area (Å²) < 4.78 is 13.7. The van der Waals surface area contributed by atoms with E-state index in [9.17, 15) is 18.8 Å². The molecule has 2 unspecified atom stereocenters. The van der Waals surface area contributed by atoms with Crippen LogP contribution in [-0.2, 0) is 14.4 Å². The first-order valence-electron chi connectivity index (χ1n) is 9.56. The Morgan fingerprint density at radius 3 is 2.47 bits per heavy atom. The molecular formula is C21H20FN5O3. The number of halogens is 1. The Kier molecular flexibility index (Phi) is 5.03. The molecule has 0 aromatic heterocycles. The highest BCUT2D eigenvalue weighted by molar-refractivity contribution is 6.25. The van der Waals surface area contributed by atoms with E-state index in [1.165, 1.54) is 23.2 Å². The van der Waals surface area contributed by atoms with Gasteiger partial charge in [-0.25, -0.2) is 9.29 Å². The summed E-state index contributed by atoms with van der Waals surface area (Å²) in [4.78, 5) is 39.1. The molecule has 1 N–H and O–H groups in total. The van der Waals surface area contributed by atoms with Crippen LogP contribution in [0.1, 0.15) is 25.3 Å². The molecule has 0 radical (unpaired) electrons. The second-order valence-electron chi connectivity index (χ2n) is 7.48. The first-order chi connectivity index (χ1) is 14.4. The van der Waals surface area contributed by atoms with E-state index in [2.05, 4.69) is 29.5 Å². The van der Waals surface area contributed by atoms with Gasteiger partial charge in [-0.05, 0) is 35.7 Å². The number of carbonyl (C=O) groups excluding carboxylic acids is 3. The minimum atomic E-state index is -0.997. The fourth-order valence-corrected chi connectivity index (χ4v) is 3.52. The average molecular weight is 409 g/mol. The second kappa shape index (κ2) is 7.66. The van der Waals surface area contributed by atoms with E-state index in [-0.39, 0.29) is 12.2 Å². The molecule has 30 heavy (non-hydrogen) atoms. The molecule has 0 saturated carbocycles. The van der Waals surface area contributed by atoms with Crippen LogP contribution in [0.25, 0.3) is 0 Å². The van der Waals surface area contributed by atoms with E-state index < -0.39 is 35.6 Å². The zero-order chi connectivity index (χ0) is 21.4. The maximum absolute atomic E-state index is 13.7. The molecule has 1 fully saturated rings. The summed E-state index contributed by atoms with van der Waals surface area (Å²) in [5.74, 6) is -1.80. The summed E-state index contributed by atoms with van der Waals surface area (Å²) in [5.41, 5.74) is 1.56. The number of benzene rings is 2. The van der Waals surface area contributed by atoms with Gasteiger partial charge >= 0.3 is 0 Å². The van der Waals surface area contributed by atoms with Gasteiger partial charge in [0.15, 0.2) is 12.1 Å². The van der Waals surface area contributed by atoms with Crippen LogP contribution >= 0.6 is 0 Å². The number of fused-ring (bicyclic) bond motifs is 1. The van der Waals surface area contributed by atoms with Crippen molar-refractivity contribution < 1.29 is 18.8 Å². The molecule has 2 aromatic carbocycles. The van der Waals surface area contributed by atoms with E-state index in [1.54, 1.807) is 18.2 Å². The van der Waals surface area contributed by atoms with Crippen molar-refractivity contribution >= 4 is 29.1 Å². The van der Waals surface area contributed by atoms with Crippen LogP contribution in [0.15, 0.2) is 58.9 Å². The van der Waals surface area contributed by atoms with Crippen molar-refractivity contribution in [1.82, 2.24) is 5.01 Å². The third-order valence-corrected chi connectivity index (χ3v) is 5.13. The van der Waals surface area contributed by atoms with E-state index in [0.29, 0.717) is 11.6 Å². The molecule has 2 atom stereocenters. The maximum atomic E-state index is 13.7. The molecule has 0 bridgehead atoms. The lowest BCUT2D eigenvalue weighted by atomic mass is 10.0. The van der Waals surface area contributed by atoms with Gasteiger partial charge < -0.3 is 5.32 Å². The Labute approximate surface area is 172 Å². The third kappa shape index (κ3) is 3.42. The van der Waals surface area contributed by atoms with Crippen LogP contribution in [0.4, 0.5) is 15.8 Å². The van der Waals surface area contributed by atoms with Crippen molar-refractivity contribution in [3.63, 3.8) is 0 Å². The van der Waals surface area contributed by atoms with Gasteiger partial charge in [0.05, 0.1) is 11.4 Å². The first kappa shape index (κ1) is 19.7. The maximum Gasteiger partial charge on any atom is 0.263 e. The normalized spacial score (nSPS) is 20.3. The Morgan fingerprint density at radius 2 is 1.80 bits per heavy atom. The number of nitrogens with zero attached hydrogens (tertiary/aromatic N) is 4. The molecule has 1 saturated heterocycles. The number of anilines is 2. The monoisotopic (exact) mass is 409 g/mol. The topological polar surface area (TPSA) is 94.4 Å². The number of amides is 3. The van der Waals surface area contributed by atoms with Crippen molar-refractivity contribution in [2.45, 2.75) is 31.8 Å². The number of hydrogen-bond acceptors (Lipinski definition) is 6. The van der Waals surface area contributed by atoms with Crippen molar-refractivity contribution in [3.05, 3.63) is 59.9 Å². The van der Waals surface area contributed by atoms with Gasteiger partial charge in [0.2, 0.25) is 5.91 Å². The Balaban J connectivity index is 1.49. The zero-order valence-corrected chi connectivity index (χ0v) is 16.4. The van der Waals surface area contributed by atoms with E-state index in [4.69, 9.17) is 0 Å². The average Bonchev–Trinajstić information content (AvgIpc) is 3.23. The van der Waals surface area contributed by atoms with Gasteiger partial charge in [-0.2, -0.15) is 5.11 Å². The van der Waals surface area contributed by atoms with Gasteiger partial charge in [0.25, 0.3) is 11.8 Å². The van der Waals surface area contributed by atoms with Gasteiger partial charge in [0, 0.05) is 0 Å². The number of hydrogen-bond donors (Lipinski definition) is 1. The lowest BCUT2D eigenvalue weighted by Gasteiger charge is -2.20. The molecule has 2 aromatic rings. The lowest BCUT2D eigenvalue weighted by Crippen LogP contribution is -2.43. The quantitative estimate of drug-likeness (QED) is 0.769. The second-order valence-corrected chi connectivity index (χ2v) is 7.48. The van der Waals surface area contributed by atoms with E-state index >= 15 is 0 Å². The van der Waals surface area contributed by atoms with Crippen molar-refractivity contribution in [3.8, 4) is 0 Å². The Morgan fingerprint density at radius 1 is 1.10 bits per heavy atom. The smallest absolute Gasteiger partial charge is 0.263 e. The van der Waals surface area contributed by atoms with Crippen molar-refractivity contribution in [2.24, 2.45) is 10.3 Å². The largest absolute Gasteiger partial charge is 0.322 e. The molecule has 154 valence electrons. The highest BCUT2D eigenvalue weighted by atomic mass is 19.1. The van der Waals surface area contributed by atoms with Crippen LogP contribution in [-0.4, -0.2) is 41.4 Å². The minimum Gasteiger partial charge on any atom is -0.322 e. The summed E-state index contributed by atoms with van der Waals surface area (Å²) >= 11 is 0. The van der Waals surface area contributed by atoms with Crippen LogP contribution in [0.5, 0.6) is 0 Å². The Bertz CT molecular complexity index is 1040. The molecule has 8 nitrogen and oxygen atoms in total. The highest BCUT2D eigenvalue weighted by Gasteiger charge is 2.55. The minimum absolute atomic E-state index is 0.0240. The standard InChI is InChI=1S/C21H20FN5O3/c1-12(2)13-7-9-14(10-8-13)27-20(29)18-19(21(27)30)26(25-24-18)11-17(28)23-16-6-4-3-5-15(16)22/h3-10,12,18-19H,11H2,1-2H3,(H,23,28). The highest BCUT2D eigenvalue weighted by Crippen LogP contribution is 2.32. The van der Waals surface area contributed by atoms with Gasteiger partial charge in [-0.1, -0.05) is 43.3 Å². The van der Waals surface area contributed by atoms with Crippen molar-refractivity contribution in [2.75, 3.05) is 16.8 Å². The summed E-state index contributed by atoms with van der Waals surface area (Å²) in [6.45, 7) is 3.77. The van der Waals surface area contributed by atoms with E-state index in [0.717, 1.165) is 10.5 Å². The van der Waals surface area contributed by atoms with Crippen molar-refractivity contribution in [1.29, 1.82) is 0 Å². The SMILES string of the molecule is CC(C)c1ccc(N2C(=O)C3N=NN(CC(=O)Nc4ccccc4F)C3C2=O)cc1. The molecular weight excluding hydrogens is 389 g/mol. The van der Waals surface area contributed by atoms with E-state index in [1.807, 2.05) is 12.1 Å². The fourth-order valence-electron chi connectivity index (χ4n) is 3.52. The third-order valence-electron chi connectivity index (χ3n) is 5.13. The molecule has 4 rings (SSSR count). The van der Waals surface area contributed by atoms with Crippen LogP contribution in [0.3, 0.4) is 0 Å². The lowest BCUT2D eigenvalue weighted by molar-refractivity contribution is -0.123. The van der Waals surface area contributed by atoms with Crippen LogP contribution < -0.4 is 10.2 Å². The van der Waals surface area contributed by atoms with Crippen LogP contribution in [0.2, 0.25) is 0 Å². The Hall–Kier alpha value is -3.62. The van der Waals surface area contributed by atoms with Crippen LogP contribution in [0, 0.1) is 5.82 Å². The number of para-hydroxylation sites is 1. The van der Waals surface area contributed by atoms with Gasteiger partial charge in [0.1, 0.15) is 12.4 Å². The molecule has 2 aliphatic heterocycles. The van der Waals surface area contributed by atoms with Gasteiger partial charge in [-0.3, -0.25) is 19.4 Å². The predicted octanol–water partition coefficient (Wildman–Crippen LogP) is 2.88. The molecule has 0 aliphatic carbocycles. The summed E-state index contributed by atoms with van der Waals surface area (Å²) in [6.07, 6.45) is 0. The summed E-state index contributed by atoms with van der Waals surface area (Å²) in [6, 6.07) is 10.9. The fraction of sp³-hybridized carbons (Fsp3) is 0.286. The number of carbonyl (C=O) groups is 3. The molecule has 0 spiro atoms. The summed E-state index contributed by atoms with van der Waals surface area (Å²) in [5, 5.41) is 11.3. The summed E-state index contributed by atoms with van der Waals surface area (Å²) in [7, 11) is 0. The van der Waals surface area contributed by atoms with Gasteiger partial charge in [-0.15, -0.1) is 0 Å². The number of nitrogens with one attached hydrogen (secondary N) is 1.